The number of hydrogen-bond donors (Lipinski definition) is 0. The molecule has 0 saturated heterocycles. The number of nitrogens with zero attached hydrogens (tertiary/aromatic N) is 2. The van der Waals surface area contributed by atoms with Crippen molar-refractivity contribution < 1.29 is 0 Å². The zero-order valence-corrected chi connectivity index (χ0v) is 16.3. The zero-order valence-electron chi connectivity index (χ0n) is 15.5. The lowest BCUT2D eigenvalue weighted by atomic mass is 10.1. The quantitative estimate of drug-likeness (QED) is 0.491. The first-order valence-corrected chi connectivity index (χ1v) is 9.81. The predicted octanol–water partition coefficient (Wildman–Crippen LogP) is 4.60. The van der Waals surface area contributed by atoms with Crippen LogP contribution in [0.3, 0.4) is 0 Å². The van der Waals surface area contributed by atoms with Crippen molar-refractivity contribution in [3.8, 4) is 11.4 Å². The molecule has 0 unspecified atom stereocenters. The van der Waals surface area contributed by atoms with Gasteiger partial charge < -0.3 is 0 Å². The molecular formula is C22H20N2O2S. The summed E-state index contributed by atoms with van der Waals surface area (Å²) in [5.74, 6) is 0.873. The van der Waals surface area contributed by atoms with Gasteiger partial charge in [0.25, 0.3) is 5.56 Å². The lowest BCUT2D eigenvalue weighted by molar-refractivity contribution is 0.513. The third-order valence-corrected chi connectivity index (χ3v) is 5.62. The van der Waals surface area contributed by atoms with Gasteiger partial charge in [0.1, 0.15) is 16.0 Å². The molecule has 4 rings (SSSR count). The highest BCUT2D eigenvalue weighted by molar-refractivity contribution is 7.24. The van der Waals surface area contributed by atoms with Crippen molar-refractivity contribution in [3.05, 3.63) is 74.7 Å². The van der Waals surface area contributed by atoms with Gasteiger partial charge in [-0.2, -0.15) is 0 Å². The van der Waals surface area contributed by atoms with E-state index in [4.69, 9.17) is 4.98 Å². The number of fused-ring (bicyclic) bond motifs is 2. The van der Waals surface area contributed by atoms with E-state index >= 15 is 0 Å². The molecule has 0 fully saturated rings. The highest BCUT2D eigenvalue weighted by atomic mass is 32.1. The zero-order chi connectivity index (χ0) is 19.1. The summed E-state index contributed by atoms with van der Waals surface area (Å²) in [7, 11) is 0. The average molecular weight is 376 g/mol. The summed E-state index contributed by atoms with van der Waals surface area (Å²) in [5, 5.41) is 0.767. The smallest absolute Gasteiger partial charge is 0.266 e. The lowest BCUT2D eigenvalue weighted by Gasteiger charge is -2.15. The van der Waals surface area contributed by atoms with Crippen LogP contribution in [0.4, 0.5) is 0 Å². The van der Waals surface area contributed by atoms with E-state index in [1.807, 2.05) is 49.4 Å². The van der Waals surface area contributed by atoms with Crippen molar-refractivity contribution in [1.82, 2.24) is 9.55 Å². The van der Waals surface area contributed by atoms with Gasteiger partial charge in [-0.25, -0.2) is 4.98 Å². The monoisotopic (exact) mass is 376 g/mol. The number of aryl methyl sites for hydroxylation is 1. The van der Waals surface area contributed by atoms with Gasteiger partial charge in [-0.1, -0.05) is 55.8 Å². The number of aromatic nitrogens is 2. The Bertz CT molecular complexity index is 1270. The summed E-state index contributed by atoms with van der Waals surface area (Å²) in [6.07, 6.45) is 0. The molecule has 0 atom stereocenters. The molecular weight excluding hydrogens is 356 g/mol. The number of hydrogen-bond acceptors (Lipinski definition) is 4. The van der Waals surface area contributed by atoms with Crippen LogP contribution in [0.15, 0.2) is 58.1 Å². The highest BCUT2D eigenvalue weighted by Crippen LogP contribution is 2.25. The number of benzene rings is 2. The van der Waals surface area contributed by atoms with Gasteiger partial charge in [-0.3, -0.25) is 14.2 Å². The summed E-state index contributed by atoms with van der Waals surface area (Å²) in [6, 6.07) is 15.4. The van der Waals surface area contributed by atoms with Gasteiger partial charge in [0.15, 0.2) is 0 Å². The van der Waals surface area contributed by atoms with Gasteiger partial charge in [0.05, 0.1) is 0 Å². The predicted molar refractivity (Wildman–Crippen MR) is 113 cm³/mol. The van der Waals surface area contributed by atoms with Crippen LogP contribution in [0.1, 0.15) is 19.4 Å². The first-order valence-electron chi connectivity index (χ1n) is 8.99. The Morgan fingerprint density at radius 2 is 1.74 bits per heavy atom. The van der Waals surface area contributed by atoms with E-state index in [1.54, 1.807) is 10.6 Å². The van der Waals surface area contributed by atoms with Crippen LogP contribution < -0.4 is 11.0 Å². The Labute approximate surface area is 160 Å². The van der Waals surface area contributed by atoms with Crippen LogP contribution in [0.2, 0.25) is 0 Å². The summed E-state index contributed by atoms with van der Waals surface area (Å²) in [6.45, 7) is 6.64. The average Bonchev–Trinajstić information content (AvgIpc) is 2.64. The second-order valence-electron chi connectivity index (χ2n) is 7.22. The van der Waals surface area contributed by atoms with E-state index in [1.165, 1.54) is 11.3 Å². The Hall–Kier alpha value is -2.79. The largest absolute Gasteiger partial charge is 0.292 e. The molecule has 0 aliphatic rings. The first kappa shape index (κ1) is 17.6. The Balaban J connectivity index is 2.13. The fourth-order valence-corrected chi connectivity index (χ4v) is 4.28. The Morgan fingerprint density at radius 1 is 1.04 bits per heavy atom. The normalized spacial score (nSPS) is 11.6. The van der Waals surface area contributed by atoms with Crippen molar-refractivity contribution in [2.45, 2.75) is 27.3 Å². The van der Waals surface area contributed by atoms with Crippen molar-refractivity contribution in [2.75, 3.05) is 0 Å². The lowest BCUT2D eigenvalue weighted by Crippen LogP contribution is -2.28. The molecule has 0 bridgehead atoms. The van der Waals surface area contributed by atoms with Gasteiger partial charge in [0, 0.05) is 22.2 Å². The van der Waals surface area contributed by atoms with Crippen LogP contribution >= 0.6 is 11.3 Å². The van der Waals surface area contributed by atoms with Crippen molar-refractivity contribution in [2.24, 2.45) is 5.92 Å². The fourth-order valence-electron chi connectivity index (χ4n) is 3.24. The molecule has 0 amide bonds. The molecule has 5 heteroatoms. The fraction of sp³-hybridized carbons (Fsp3) is 0.227. The number of rotatable bonds is 3. The molecule has 0 radical (unpaired) electrons. The minimum Gasteiger partial charge on any atom is -0.292 e. The second-order valence-corrected chi connectivity index (χ2v) is 8.25. The topological polar surface area (TPSA) is 52.0 Å². The third-order valence-electron chi connectivity index (χ3n) is 4.56. The summed E-state index contributed by atoms with van der Waals surface area (Å²) in [5.41, 5.74) is 1.54. The molecule has 0 aliphatic heterocycles. The molecule has 0 N–H and O–H groups in total. The van der Waals surface area contributed by atoms with Crippen LogP contribution in [0.5, 0.6) is 0 Å². The maximum absolute atomic E-state index is 13.3. The van der Waals surface area contributed by atoms with Crippen molar-refractivity contribution in [1.29, 1.82) is 0 Å². The molecule has 4 nitrogen and oxygen atoms in total. The highest BCUT2D eigenvalue weighted by Gasteiger charge is 2.18. The van der Waals surface area contributed by atoms with E-state index < -0.39 is 0 Å². The van der Waals surface area contributed by atoms with E-state index in [0.29, 0.717) is 22.6 Å². The minimum absolute atomic E-state index is 0.190. The molecule has 0 saturated carbocycles. The molecule has 2 aromatic heterocycles. The van der Waals surface area contributed by atoms with Crippen LogP contribution in [-0.2, 0) is 6.54 Å². The molecule has 136 valence electrons. The molecule has 4 aromatic rings. The summed E-state index contributed by atoms with van der Waals surface area (Å²) in [4.78, 5) is 31.6. The Morgan fingerprint density at radius 3 is 2.44 bits per heavy atom. The summed E-state index contributed by atoms with van der Waals surface area (Å²) >= 11 is 1.39. The SMILES string of the molecule is Cc1ccc(-c2nc3sc4ccccc4c(=O)c3c(=O)n2CC(C)C)cc1. The van der Waals surface area contributed by atoms with E-state index in [-0.39, 0.29) is 22.3 Å². The standard InChI is InChI=1S/C22H20N2O2S/c1-13(2)12-24-20(15-10-8-14(3)9-11-15)23-21-18(22(24)26)19(25)16-6-4-5-7-17(16)27-21/h4-11,13H,12H2,1-3H3. The maximum Gasteiger partial charge on any atom is 0.266 e. The summed E-state index contributed by atoms with van der Waals surface area (Å²) < 4.78 is 2.50. The third kappa shape index (κ3) is 3.08. The van der Waals surface area contributed by atoms with E-state index in [0.717, 1.165) is 15.8 Å². The minimum atomic E-state index is -0.253. The van der Waals surface area contributed by atoms with Crippen LogP contribution in [0, 0.1) is 12.8 Å². The van der Waals surface area contributed by atoms with Crippen LogP contribution in [-0.4, -0.2) is 9.55 Å². The molecule has 2 heterocycles. The van der Waals surface area contributed by atoms with E-state index in [2.05, 4.69) is 13.8 Å². The van der Waals surface area contributed by atoms with Crippen molar-refractivity contribution >= 4 is 31.6 Å². The van der Waals surface area contributed by atoms with Crippen LogP contribution in [0.25, 0.3) is 31.7 Å². The Kier molecular flexibility index (Phi) is 4.40. The second kappa shape index (κ2) is 6.74. The maximum atomic E-state index is 13.3. The molecule has 2 aromatic carbocycles. The van der Waals surface area contributed by atoms with Gasteiger partial charge in [0.2, 0.25) is 5.43 Å². The molecule has 0 aliphatic carbocycles. The van der Waals surface area contributed by atoms with Crippen molar-refractivity contribution in [3.63, 3.8) is 0 Å². The van der Waals surface area contributed by atoms with Gasteiger partial charge in [-0.15, -0.1) is 11.3 Å². The van der Waals surface area contributed by atoms with E-state index in [9.17, 15) is 9.59 Å². The van der Waals surface area contributed by atoms with Gasteiger partial charge >= 0.3 is 0 Å². The van der Waals surface area contributed by atoms with Gasteiger partial charge in [-0.05, 0) is 25.0 Å². The first-order chi connectivity index (χ1) is 13.0. The molecule has 27 heavy (non-hydrogen) atoms. The molecule has 0 spiro atoms.